The molecule has 1 aliphatic carbocycles. The van der Waals surface area contributed by atoms with Gasteiger partial charge in [0.05, 0.1) is 17.7 Å². The molecule has 2 aromatic carbocycles. The first-order chi connectivity index (χ1) is 12.3. The minimum Gasteiger partial charge on any atom is -0.490 e. The average molecular weight is 337 g/mol. The second-order valence-corrected chi connectivity index (χ2v) is 6.71. The van der Waals surface area contributed by atoms with Gasteiger partial charge in [-0.2, -0.15) is 0 Å². The predicted molar refractivity (Wildman–Crippen MR) is 95.9 cm³/mol. The van der Waals surface area contributed by atoms with Crippen molar-refractivity contribution in [3.05, 3.63) is 65.2 Å². The lowest BCUT2D eigenvalue weighted by Crippen LogP contribution is -2.28. The van der Waals surface area contributed by atoms with Gasteiger partial charge in [0.25, 0.3) is 5.91 Å². The van der Waals surface area contributed by atoms with E-state index in [2.05, 4.69) is 23.5 Å². The number of carbonyl (C=O) groups excluding carboxylic acids is 1. The maximum atomic E-state index is 12.8. The Morgan fingerprint density at radius 1 is 1.12 bits per heavy atom. The third kappa shape index (κ3) is 3.54. The summed E-state index contributed by atoms with van der Waals surface area (Å²) in [7, 11) is 0. The van der Waals surface area contributed by atoms with E-state index in [-0.39, 0.29) is 18.1 Å². The number of para-hydroxylation sites is 1. The molecule has 2 aromatic rings. The lowest BCUT2D eigenvalue weighted by Gasteiger charge is -2.17. The van der Waals surface area contributed by atoms with E-state index in [1.807, 2.05) is 30.3 Å². The van der Waals surface area contributed by atoms with E-state index in [1.54, 1.807) is 0 Å². The molecule has 4 heteroatoms. The molecule has 2 atom stereocenters. The minimum absolute atomic E-state index is 0.0786. The number of ether oxygens (including phenoxy) is 2. The number of benzene rings is 2. The van der Waals surface area contributed by atoms with Gasteiger partial charge in [0.15, 0.2) is 0 Å². The summed E-state index contributed by atoms with van der Waals surface area (Å²) in [4.78, 5) is 12.8. The highest BCUT2D eigenvalue weighted by atomic mass is 16.5. The maximum absolute atomic E-state index is 12.8. The smallest absolute Gasteiger partial charge is 0.255 e. The molecule has 0 aromatic heterocycles. The van der Waals surface area contributed by atoms with Crippen molar-refractivity contribution in [1.82, 2.24) is 5.32 Å². The van der Waals surface area contributed by atoms with Crippen LogP contribution >= 0.6 is 0 Å². The van der Waals surface area contributed by atoms with E-state index < -0.39 is 0 Å². The highest BCUT2D eigenvalue weighted by molar-refractivity contribution is 5.97. The van der Waals surface area contributed by atoms with E-state index in [0.717, 1.165) is 32.3 Å². The zero-order valence-corrected chi connectivity index (χ0v) is 14.2. The number of aryl methyl sites for hydroxylation is 1. The number of hydrogen-bond donors (Lipinski definition) is 1. The summed E-state index contributed by atoms with van der Waals surface area (Å²) in [6.45, 7) is 1.30. The van der Waals surface area contributed by atoms with Gasteiger partial charge >= 0.3 is 0 Å². The second-order valence-electron chi connectivity index (χ2n) is 6.71. The van der Waals surface area contributed by atoms with Gasteiger partial charge in [-0.1, -0.05) is 36.4 Å². The van der Waals surface area contributed by atoms with Crippen molar-refractivity contribution in [3.8, 4) is 5.75 Å². The van der Waals surface area contributed by atoms with Crippen LogP contribution in [-0.4, -0.2) is 25.2 Å². The molecule has 1 amide bonds. The largest absolute Gasteiger partial charge is 0.490 e. The fraction of sp³-hybridized carbons (Fsp3) is 0.381. The molecule has 0 bridgehead atoms. The normalized spacial score (nSPS) is 21.8. The predicted octanol–water partition coefficient (Wildman–Crippen LogP) is 3.66. The molecule has 4 nitrogen and oxygen atoms in total. The van der Waals surface area contributed by atoms with Crippen LogP contribution in [0, 0.1) is 0 Å². The van der Waals surface area contributed by atoms with Crippen molar-refractivity contribution >= 4 is 5.91 Å². The van der Waals surface area contributed by atoms with Crippen molar-refractivity contribution < 1.29 is 14.3 Å². The molecular formula is C21H23NO3. The molecule has 0 saturated carbocycles. The second kappa shape index (κ2) is 7.28. The van der Waals surface area contributed by atoms with Gasteiger partial charge in [0.1, 0.15) is 12.4 Å². The monoisotopic (exact) mass is 337 g/mol. The Hall–Kier alpha value is -2.33. The van der Waals surface area contributed by atoms with Crippen LogP contribution in [0.2, 0.25) is 0 Å². The number of rotatable bonds is 5. The molecule has 0 unspecified atom stereocenters. The molecule has 1 saturated heterocycles. The fourth-order valence-electron chi connectivity index (χ4n) is 3.68. The van der Waals surface area contributed by atoms with Crippen LogP contribution in [0.15, 0.2) is 48.5 Å². The van der Waals surface area contributed by atoms with Gasteiger partial charge in [0.2, 0.25) is 0 Å². The standard InChI is InChI=1S/C21H23NO3/c23-21(22-19-12-11-15-6-1-2-8-17(15)19)18-9-3-4-10-20(18)25-14-16-7-5-13-24-16/h1-4,6,8-10,16,19H,5,7,11-14H2,(H,22,23)/t16-,19-/m1/s1. The molecule has 1 fully saturated rings. The lowest BCUT2D eigenvalue weighted by molar-refractivity contribution is 0.0670. The van der Waals surface area contributed by atoms with Crippen LogP contribution in [0.4, 0.5) is 0 Å². The molecule has 0 spiro atoms. The zero-order valence-electron chi connectivity index (χ0n) is 14.2. The van der Waals surface area contributed by atoms with Crippen LogP contribution in [0.25, 0.3) is 0 Å². The fourth-order valence-corrected chi connectivity index (χ4v) is 3.68. The van der Waals surface area contributed by atoms with E-state index in [4.69, 9.17) is 9.47 Å². The Balaban J connectivity index is 1.45. The molecular weight excluding hydrogens is 314 g/mol. The third-order valence-electron chi connectivity index (χ3n) is 5.02. The number of hydrogen-bond acceptors (Lipinski definition) is 3. The maximum Gasteiger partial charge on any atom is 0.255 e. The van der Waals surface area contributed by atoms with E-state index >= 15 is 0 Å². The highest BCUT2D eigenvalue weighted by Gasteiger charge is 2.25. The SMILES string of the molecule is O=C(N[C@@H]1CCc2ccccc21)c1ccccc1OC[C@H]1CCCO1. The van der Waals surface area contributed by atoms with Gasteiger partial charge in [-0.25, -0.2) is 0 Å². The van der Waals surface area contributed by atoms with Crippen LogP contribution in [0.1, 0.15) is 46.8 Å². The Morgan fingerprint density at radius 3 is 2.84 bits per heavy atom. The number of amides is 1. The van der Waals surface area contributed by atoms with Gasteiger partial charge in [-0.15, -0.1) is 0 Å². The number of carbonyl (C=O) groups is 1. The zero-order chi connectivity index (χ0) is 17.1. The molecule has 0 radical (unpaired) electrons. The number of nitrogens with one attached hydrogen (secondary N) is 1. The van der Waals surface area contributed by atoms with Gasteiger partial charge in [-0.3, -0.25) is 4.79 Å². The van der Waals surface area contributed by atoms with E-state index in [1.165, 1.54) is 11.1 Å². The molecule has 1 N–H and O–H groups in total. The van der Waals surface area contributed by atoms with Crippen LogP contribution in [0.3, 0.4) is 0 Å². The Labute approximate surface area is 148 Å². The summed E-state index contributed by atoms with van der Waals surface area (Å²) < 4.78 is 11.5. The summed E-state index contributed by atoms with van der Waals surface area (Å²) in [5.74, 6) is 0.548. The summed E-state index contributed by atoms with van der Waals surface area (Å²) in [6.07, 6.45) is 4.20. The Bertz CT molecular complexity index is 752. The minimum atomic E-state index is -0.0790. The summed E-state index contributed by atoms with van der Waals surface area (Å²) in [6, 6.07) is 15.8. The molecule has 2 aliphatic rings. The molecule has 1 heterocycles. The molecule has 130 valence electrons. The molecule has 1 aliphatic heterocycles. The lowest BCUT2D eigenvalue weighted by atomic mass is 10.1. The van der Waals surface area contributed by atoms with Gasteiger partial charge in [-0.05, 0) is 48.9 Å². The average Bonchev–Trinajstić information content (AvgIpc) is 3.30. The third-order valence-corrected chi connectivity index (χ3v) is 5.02. The summed E-state index contributed by atoms with van der Waals surface area (Å²) in [5.41, 5.74) is 3.15. The van der Waals surface area contributed by atoms with Crippen molar-refractivity contribution in [2.75, 3.05) is 13.2 Å². The topological polar surface area (TPSA) is 47.6 Å². The Kier molecular flexibility index (Phi) is 4.70. The molecule has 4 rings (SSSR count). The van der Waals surface area contributed by atoms with Crippen molar-refractivity contribution in [2.24, 2.45) is 0 Å². The molecule has 25 heavy (non-hydrogen) atoms. The quantitative estimate of drug-likeness (QED) is 0.906. The number of fused-ring (bicyclic) bond motifs is 1. The highest BCUT2D eigenvalue weighted by Crippen LogP contribution is 2.31. The van der Waals surface area contributed by atoms with Crippen LogP contribution < -0.4 is 10.1 Å². The van der Waals surface area contributed by atoms with Crippen molar-refractivity contribution in [3.63, 3.8) is 0 Å². The first-order valence-corrected chi connectivity index (χ1v) is 9.03. The first-order valence-electron chi connectivity index (χ1n) is 9.03. The van der Waals surface area contributed by atoms with Gasteiger partial charge < -0.3 is 14.8 Å². The van der Waals surface area contributed by atoms with E-state index in [9.17, 15) is 4.79 Å². The first kappa shape index (κ1) is 16.2. The van der Waals surface area contributed by atoms with Crippen LogP contribution in [-0.2, 0) is 11.2 Å². The van der Waals surface area contributed by atoms with Crippen LogP contribution in [0.5, 0.6) is 5.75 Å². The van der Waals surface area contributed by atoms with Crippen molar-refractivity contribution in [2.45, 2.75) is 37.8 Å². The van der Waals surface area contributed by atoms with Crippen molar-refractivity contribution in [1.29, 1.82) is 0 Å². The summed E-state index contributed by atoms with van der Waals surface area (Å²) in [5, 5.41) is 3.17. The van der Waals surface area contributed by atoms with E-state index in [0.29, 0.717) is 17.9 Å². The van der Waals surface area contributed by atoms with Gasteiger partial charge in [0, 0.05) is 6.61 Å². The Morgan fingerprint density at radius 2 is 1.96 bits per heavy atom. The summed E-state index contributed by atoms with van der Waals surface area (Å²) >= 11 is 0.